The maximum absolute atomic E-state index is 6.08. The molecule has 4 heteroatoms. The van der Waals surface area contributed by atoms with Crippen molar-refractivity contribution in [3.63, 3.8) is 0 Å². The zero-order valence-electron chi connectivity index (χ0n) is 24.5. The second kappa shape index (κ2) is 9.07. The normalized spacial score (nSPS) is 12.3. The van der Waals surface area contributed by atoms with Gasteiger partial charge in [0.1, 0.15) is 11.2 Å². The summed E-state index contributed by atoms with van der Waals surface area (Å²) in [5.41, 5.74) is 7.99. The molecule has 7 aromatic carbocycles. The fourth-order valence-electron chi connectivity index (χ4n) is 7.50. The largest absolute Gasteiger partial charge is 0.456 e. The van der Waals surface area contributed by atoms with Gasteiger partial charge in [-0.1, -0.05) is 84.9 Å². The van der Waals surface area contributed by atoms with Gasteiger partial charge in [0.15, 0.2) is 0 Å². The number of para-hydroxylation sites is 2. The Morgan fingerprint density at radius 3 is 2.02 bits per heavy atom. The number of aromatic nitrogens is 1. The minimum absolute atomic E-state index is 0.929. The first-order chi connectivity index (χ1) is 22.8. The van der Waals surface area contributed by atoms with Gasteiger partial charge in [-0.15, -0.1) is 22.7 Å². The smallest absolute Gasteiger partial charge is 0.135 e. The van der Waals surface area contributed by atoms with Crippen LogP contribution in [0.4, 0.5) is 0 Å². The molecule has 0 fully saturated rings. The maximum atomic E-state index is 6.08. The van der Waals surface area contributed by atoms with Crippen molar-refractivity contribution in [3.8, 4) is 16.8 Å². The number of hydrogen-bond acceptors (Lipinski definition) is 3. The molecule has 11 aromatic rings. The van der Waals surface area contributed by atoms with E-state index in [1.807, 2.05) is 34.8 Å². The van der Waals surface area contributed by atoms with E-state index in [0.717, 1.165) is 21.9 Å². The van der Waals surface area contributed by atoms with Gasteiger partial charge in [-0.25, -0.2) is 0 Å². The minimum atomic E-state index is 0.929. The van der Waals surface area contributed by atoms with Crippen molar-refractivity contribution in [3.05, 3.63) is 140 Å². The fourth-order valence-corrected chi connectivity index (χ4v) is 9.94. The van der Waals surface area contributed by atoms with E-state index in [-0.39, 0.29) is 0 Å². The second-order valence-corrected chi connectivity index (χ2v) is 14.2. The molecule has 0 saturated carbocycles. The van der Waals surface area contributed by atoms with E-state index < -0.39 is 0 Å². The Balaban J connectivity index is 1.09. The van der Waals surface area contributed by atoms with Crippen LogP contribution in [0, 0.1) is 0 Å². The first-order valence-corrected chi connectivity index (χ1v) is 17.1. The van der Waals surface area contributed by atoms with Gasteiger partial charge >= 0.3 is 0 Å². The quantitative estimate of drug-likeness (QED) is 0.188. The molecule has 0 spiro atoms. The summed E-state index contributed by atoms with van der Waals surface area (Å²) < 4.78 is 13.8. The highest BCUT2D eigenvalue weighted by Gasteiger charge is 2.18. The van der Waals surface area contributed by atoms with Gasteiger partial charge in [-0.3, -0.25) is 0 Å². The highest BCUT2D eigenvalue weighted by atomic mass is 32.1. The average molecular weight is 622 g/mol. The van der Waals surface area contributed by atoms with E-state index in [0.29, 0.717) is 0 Å². The Morgan fingerprint density at radius 2 is 1.09 bits per heavy atom. The lowest BCUT2D eigenvalue weighted by molar-refractivity contribution is 0.669. The van der Waals surface area contributed by atoms with Gasteiger partial charge in [0.2, 0.25) is 0 Å². The summed E-state index contributed by atoms with van der Waals surface area (Å²) in [7, 11) is 0. The number of nitrogens with zero attached hydrogens (tertiary/aromatic N) is 1. The van der Waals surface area contributed by atoms with Gasteiger partial charge in [-0.05, 0) is 65.7 Å². The number of fused-ring (bicyclic) bond motifs is 13. The molecule has 0 aliphatic carbocycles. The SMILES string of the molecule is c1ccc2c(c1)oc1ccc(-c3ccc4c(c3)sc3cc(-n5c6ccccc6c6c7sc8ccccc8c7ccc65)ccc34)cc12. The van der Waals surface area contributed by atoms with Gasteiger partial charge in [0.05, 0.1) is 11.0 Å². The van der Waals surface area contributed by atoms with E-state index in [4.69, 9.17) is 4.42 Å². The van der Waals surface area contributed by atoms with Crippen LogP contribution < -0.4 is 0 Å². The zero-order valence-corrected chi connectivity index (χ0v) is 26.1. The molecule has 11 rings (SSSR count). The van der Waals surface area contributed by atoms with E-state index in [2.05, 4.69) is 132 Å². The molecule has 4 aromatic heterocycles. The third-order valence-corrected chi connectivity index (χ3v) is 11.9. The zero-order chi connectivity index (χ0) is 29.9. The molecule has 0 aliphatic rings. The van der Waals surface area contributed by atoms with Crippen molar-refractivity contribution < 1.29 is 4.42 Å². The van der Waals surface area contributed by atoms with E-state index in [1.54, 1.807) is 0 Å². The van der Waals surface area contributed by atoms with Crippen LogP contribution in [-0.4, -0.2) is 4.57 Å². The Bertz CT molecular complexity index is 3040. The molecule has 0 unspecified atom stereocenters. The van der Waals surface area contributed by atoms with Crippen LogP contribution in [-0.2, 0) is 0 Å². The predicted octanol–water partition coefficient (Wildman–Crippen LogP) is 13.1. The molecule has 0 bridgehead atoms. The molecule has 0 aliphatic heterocycles. The van der Waals surface area contributed by atoms with Crippen molar-refractivity contribution in [1.29, 1.82) is 0 Å². The molecule has 0 N–H and O–H groups in total. The summed E-state index contributed by atoms with van der Waals surface area (Å²) in [6, 6.07) is 51.0. The number of benzene rings is 7. The summed E-state index contributed by atoms with van der Waals surface area (Å²) in [4.78, 5) is 0. The van der Waals surface area contributed by atoms with Crippen molar-refractivity contribution >= 4 is 107 Å². The molecule has 214 valence electrons. The Labute approximate surface area is 270 Å². The number of thiophene rings is 2. The van der Waals surface area contributed by atoms with Crippen molar-refractivity contribution in [2.75, 3.05) is 0 Å². The summed E-state index contributed by atoms with van der Waals surface area (Å²) in [6.07, 6.45) is 0. The monoisotopic (exact) mass is 621 g/mol. The first kappa shape index (κ1) is 24.8. The van der Waals surface area contributed by atoms with Crippen LogP contribution in [0.1, 0.15) is 0 Å². The van der Waals surface area contributed by atoms with Crippen molar-refractivity contribution in [2.24, 2.45) is 0 Å². The lowest BCUT2D eigenvalue weighted by Crippen LogP contribution is -1.93. The van der Waals surface area contributed by atoms with Crippen LogP contribution in [0.3, 0.4) is 0 Å². The van der Waals surface area contributed by atoms with Crippen molar-refractivity contribution in [2.45, 2.75) is 0 Å². The molecule has 0 radical (unpaired) electrons. The Kier molecular flexibility index (Phi) is 4.90. The molecule has 46 heavy (non-hydrogen) atoms. The van der Waals surface area contributed by atoms with Gasteiger partial charge < -0.3 is 8.98 Å². The second-order valence-electron chi connectivity index (χ2n) is 12.1. The number of furan rings is 1. The molecule has 2 nitrogen and oxygen atoms in total. The average Bonchev–Trinajstić information content (AvgIpc) is 3.85. The highest BCUT2D eigenvalue weighted by molar-refractivity contribution is 7.27. The third kappa shape index (κ3) is 3.35. The molecule has 0 amide bonds. The maximum Gasteiger partial charge on any atom is 0.135 e. The third-order valence-electron chi connectivity index (χ3n) is 9.61. The first-order valence-electron chi connectivity index (χ1n) is 15.5. The standard InChI is InChI=1S/C42H23NOS2/c1-4-10-34-32(9-1)41-35(19-18-31-28-8-3-6-12-38(28)46-42(31)41)43(34)26-15-17-30-29-16-13-25(22-39(29)45-40(30)23-26)24-14-20-37-33(21-24)27-7-2-5-11-36(27)44-37/h1-23H. The topological polar surface area (TPSA) is 18.1 Å². The summed E-state index contributed by atoms with van der Waals surface area (Å²) >= 11 is 3.78. The molecule has 0 atom stereocenters. The van der Waals surface area contributed by atoms with Crippen molar-refractivity contribution in [1.82, 2.24) is 4.57 Å². The van der Waals surface area contributed by atoms with E-state index >= 15 is 0 Å². The van der Waals surface area contributed by atoms with Gasteiger partial charge in [-0.2, -0.15) is 0 Å². The Morgan fingerprint density at radius 1 is 0.413 bits per heavy atom. The minimum Gasteiger partial charge on any atom is -0.456 e. The molecular formula is C42H23NOS2. The Hall–Kier alpha value is -5.42. The number of hydrogen-bond donors (Lipinski definition) is 0. The van der Waals surface area contributed by atoms with Crippen LogP contribution >= 0.6 is 22.7 Å². The van der Waals surface area contributed by atoms with Gasteiger partial charge in [0.25, 0.3) is 0 Å². The molecule has 4 heterocycles. The lowest BCUT2D eigenvalue weighted by Gasteiger charge is -2.08. The summed E-state index contributed by atoms with van der Waals surface area (Å²) in [6.45, 7) is 0. The number of rotatable bonds is 2. The summed E-state index contributed by atoms with van der Waals surface area (Å²) in [5.74, 6) is 0. The van der Waals surface area contributed by atoms with Crippen LogP contribution in [0.15, 0.2) is 144 Å². The van der Waals surface area contributed by atoms with Gasteiger partial charge in [0, 0.05) is 67.6 Å². The summed E-state index contributed by atoms with van der Waals surface area (Å²) in [5, 5.41) is 10.3. The predicted molar refractivity (Wildman–Crippen MR) is 199 cm³/mol. The molecular weight excluding hydrogens is 599 g/mol. The van der Waals surface area contributed by atoms with Crippen LogP contribution in [0.5, 0.6) is 0 Å². The lowest BCUT2D eigenvalue weighted by atomic mass is 10.0. The van der Waals surface area contributed by atoms with Crippen LogP contribution in [0.2, 0.25) is 0 Å². The van der Waals surface area contributed by atoms with E-state index in [1.165, 1.54) is 79.0 Å². The van der Waals surface area contributed by atoms with Crippen LogP contribution in [0.25, 0.3) is 101 Å². The fraction of sp³-hybridized carbons (Fsp3) is 0. The highest BCUT2D eigenvalue weighted by Crippen LogP contribution is 2.44. The van der Waals surface area contributed by atoms with E-state index in [9.17, 15) is 0 Å². The molecule has 0 saturated heterocycles.